The van der Waals surface area contributed by atoms with Crippen LogP contribution in [0.25, 0.3) is 10.2 Å². The second-order valence-corrected chi connectivity index (χ2v) is 6.50. The van der Waals surface area contributed by atoms with Crippen LogP contribution in [0.3, 0.4) is 0 Å². The van der Waals surface area contributed by atoms with Gasteiger partial charge in [-0.05, 0) is 25.1 Å². The second-order valence-electron chi connectivity index (χ2n) is 5.51. The zero-order chi connectivity index (χ0) is 15.8. The quantitative estimate of drug-likeness (QED) is 0.718. The normalized spacial score (nSPS) is 11.1. The first-order valence-electron chi connectivity index (χ1n) is 8.08. The Morgan fingerprint density at radius 1 is 1.14 bits per heavy atom. The lowest BCUT2D eigenvalue weighted by molar-refractivity contribution is 0.0915. The van der Waals surface area contributed by atoms with E-state index in [0.717, 1.165) is 29.0 Å². The lowest BCUT2D eigenvalue weighted by Crippen LogP contribution is -2.32. The summed E-state index contributed by atoms with van der Waals surface area (Å²) in [5.41, 5.74) is 0.712. The highest BCUT2D eigenvalue weighted by molar-refractivity contribution is 7.16. The molecule has 0 saturated carbocycles. The minimum absolute atomic E-state index is 0.173. The smallest absolute Gasteiger partial charge is 0.308 e. The van der Waals surface area contributed by atoms with Gasteiger partial charge in [-0.2, -0.15) is 0 Å². The van der Waals surface area contributed by atoms with Crippen molar-refractivity contribution in [2.75, 3.05) is 13.1 Å². The number of rotatable bonds is 9. The van der Waals surface area contributed by atoms with E-state index in [0.29, 0.717) is 5.52 Å². The van der Waals surface area contributed by atoms with Crippen molar-refractivity contribution in [3.63, 3.8) is 0 Å². The Hall–Kier alpha value is -1.46. The highest BCUT2D eigenvalue weighted by Crippen LogP contribution is 2.15. The molecule has 0 radical (unpaired) electrons. The molecule has 0 saturated heterocycles. The molecule has 1 aromatic carbocycles. The van der Waals surface area contributed by atoms with E-state index in [1.165, 1.54) is 36.7 Å². The van der Waals surface area contributed by atoms with E-state index in [1.54, 1.807) is 0 Å². The summed E-state index contributed by atoms with van der Waals surface area (Å²) in [5.74, 6) is -0.173. The molecule has 1 N–H and O–H groups in total. The highest BCUT2D eigenvalue weighted by Gasteiger charge is 2.13. The van der Waals surface area contributed by atoms with E-state index in [4.69, 9.17) is 0 Å². The number of thiazole rings is 1. The van der Waals surface area contributed by atoms with Crippen molar-refractivity contribution < 1.29 is 4.79 Å². The maximum absolute atomic E-state index is 12.2. The maximum Gasteiger partial charge on any atom is 0.315 e. The molecule has 2 aromatic rings. The number of fused-ring (bicyclic) bond motifs is 1. The van der Waals surface area contributed by atoms with Crippen molar-refractivity contribution >= 4 is 27.5 Å². The summed E-state index contributed by atoms with van der Waals surface area (Å²) >= 11 is 1.12. The van der Waals surface area contributed by atoms with Crippen LogP contribution in [0.2, 0.25) is 0 Å². The van der Waals surface area contributed by atoms with Gasteiger partial charge in [-0.25, -0.2) is 4.57 Å². The molecule has 2 rings (SSSR count). The SMILES string of the molecule is CCCCCCCCNCC(=O)n1c(=O)sc2ccccc21. The van der Waals surface area contributed by atoms with Crippen molar-refractivity contribution in [2.45, 2.75) is 45.4 Å². The van der Waals surface area contributed by atoms with Gasteiger partial charge in [0.1, 0.15) is 0 Å². The lowest BCUT2D eigenvalue weighted by atomic mass is 10.1. The van der Waals surface area contributed by atoms with Crippen LogP contribution in [0.4, 0.5) is 0 Å². The monoisotopic (exact) mass is 320 g/mol. The summed E-state index contributed by atoms with van der Waals surface area (Å²) in [6, 6.07) is 7.42. The third-order valence-corrected chi connectivity index (χ3v) is 4.64. The van der Waals surface area contributed by atoms with Crippen LogP contribution in [0, 0.1) is 0 Å². The van der Waals surface area contributed by atoms with Gasteiger partial charge in [0, 0.05) is 0 Å². The number of unbranched alkanes of at least 4 members (excludes halogenated alkanes) is 5. The van der Waals surface area contributed by atoms with Crippen LogP contribution in [-0.2, 0) is 0 Å². The fraction of sp³-hybridized carbons (Fsp3) is 0.529. The molecule has 0 aliphatic rings. The van der Waals surface area contributed by atoms with E-state index in [2.05, 4.69) is 12.2 Å². The average Bonchev–Trinajstić information content (AvgIpc) is 2.85. The minimum atomic E-state index is -0.201. The van der Waals surface area contributed by atoms with Gasteiger partial charge in [0.25, 0.3) is 0 Å². The van der Waals surface area contributed by atoms with Gasteiger partial charge in [0.15, 0.2) is 0 Å². The Labute approximate surface area is 135 Å². The molecule has 0 atom stereocenters. The summed E-state index contributed by atoms with van der Waals surface area (Å²) in [7, 11) is 0. The predicted octanol–water partition coefficient (Wildman–Crippen LogP) is 3.65. The highest BCUT2D eigenvalue weighted by atomic mass is 32.1. The van der Waals surface area contributed by atoms with Crippen LogP contribution in [-0.4, -0.2) is 23.6 Å². The van der Waals surface area contributed by atoms with E-state index in [9.17, 15) is 9.59 Å². The van der Waals surface area contributed by atoms with Gasteiger partial charge in [-0.1, -0.05) is 62.5 Å². The summed E-state index contributed by atoms with van der Waals surface area (Å²) in [6.07, 6.45) is 7.40. The fourth-order valence-electron chi connectivity index (χ4n) is 2.51. The van der Waals surface area contributed by atoms with E-state index in [-0.39, 0.29) is 17.3 Å². The first-order valence-corrected chi connectivity index (χ1v) is 8.90. The van der Waals surface area contributed by atoms with Crippen LogP contribution in [0.1, 0.15) is 50.2 Å². The molecule has 1 heterocycles. The number of nitrogens with one attached hydrogen (secondary N) is 1. The molecule has 4 nitrogen and oxygen atoms in total. The standard InChI is InChI=1S/C17H24N2O2S/c1-2-3-4-5-6-9-12-18-13-16(20)19-14-10-7-8-11-15(14)22-17(19)21/h7-8,10-11,18H,2-6,9,12-13H2,1H3. The van der Waals surface area contributed by atoms with Gasteiger partial charge in [0.2, 0.25) is 5.91 Å². The van der Waals surface area contributed by atoms with E-state index in [1.807, 2.05) is 24.3 Å². The van der Waals surface area contributed by atoms with Crippen LogP contribution in [0.15, 0.2) is 29.1 Å². The molecule has 5 heteroatoms. The lowest BCUT2D eigenvalue weighted by Gasteiger charge is -2.05. The van der Waals surface area contributed by atoms with E-state index < -0.39 is 0 Å². The summed E-state index contributed by atoms with van der Waals surface area (Å²) in [6.45, 7) is 3.26. The molecule has 1 aromatic heterocycles. The zero-order valence-electron chi connectivity index (χ0n) is 13.1. The average molecular weight is 320 g/mol. The minimum Gasteiger partial charge on any atom is -0.308 e. The predicted molar refractivity (Wildman–Crippen MR) is 93.0 cm³/mol. The Bertz CT molecular complexity index is 660. The number of hydrogen-bond donors (Lipinski definition) is 1. The molecular formula is C17H24N2O2S. The van der Waals surface area contributed by atoms with Crippen molar-refractivity contribution in [3.8, 4) is 0 Å². The molecule has 0 unspecified atom stereocenters. The third-order valence-electron chi connectivity index (χ3n) is 3.72. The van der Waals surface area contributed by atoms with Crippen molar-refractivity contribution in [2.24, 2.45) is 0 Å². The molecule has 0 aliphatic carbocycles. The van der Waals surface area contributed by atoms with Gasteiger partial charge in [-0.15, -0.1) is 0 Å². The number of para-hydroxylation sites is 1. The number of nitrogens with zero attached hydrogens (tertiary/aromatic N) is 1. The number of hydrogen-bond acceptors (Lipinski definition) is 4. The summed E-state index contributed by atoms with van der Waals surface area (Å²) in [4.78, 5) is 24.0. The topological polar surface area (TPSA) is 51.1 Å². The largest absolute Gasteiger partial charge is 0.315 e. The van der Waals surface area contributed by atoms with Gasteiger partial charge < -0.3 is 5.32 Å². The van der Waals surface area contributed by atoms with Gasteiger partial charge in [0.05, 0.1) is 16.8 Å². The zero-order valence-corrected chi connectivity index (χ0v) is 14.0. The maximum atomic E-state index is 12.2. The number of carbonyl (C=O) groups is 1. The Kier molecular flexibility index (Phi) is 6.80. The Morgan fingerprint density at radius 2 is 1.86 bits per heavy atom. The molecule has 22 heavy (non-hydrogen) atoms. The number of benzene rings is 1. The molecule has 120 valence electrons. The third kappa shape index (κ3) is 4.52. The molecule has 0 amide bonds. The van der Waals surface area contributed by atoms with Crippen LogP contribution in [0.5, 0.6) is 0 Å². The van der Waals surface area contributed by atoms with E-state index >= 15 is 0 Å². The summed E-state index contributed by atoms with van der Waals surface area (Å²) < 4.78 is 2.14. The Morgan fingerprint density at radius 3 is 2.68 bits per heavy atom. The number of carbonyl (C=O) groups excluding carboxylic acids is 1. The first kappa shape index (κ1) is 16.9. The Balaban J connectivity index is 1.78. The first-order chi connectivity index (χ1) is 10.7. The molecule has 0 fully saturated rings. The second kappa shape index (κ2) is 8.86. The van der Waals surface area contributed by atoms with Gasteiger partial charge >= 0.3 is 4.87 Å². The summed E-state index contributed by atoms with van der Waals surface area (Å²) in [5, 5.41) is 3.15. The van der Waals surface area contributed by atoms with Crippen LogP contribution >= 0.6 is 11.3 Å². The van der Waals surface area contributed by atoms with Crippen molar-refractivity contribution in [1.82, 2.24) is 9.88 Å². The number of aromatic nitrogens is 1. The van der Waals surface area contributed by atoms with Crippen molar-refractivity contribution in [3.05, 3.63) is 33.9 Å². The molecular weight excluding hydrogens is 296 g/mol. The molecule has 0 bridgehead atoms. The van der Waals surface area contributed by atoms with Gasteiger partial charge in [-0.3, -0.25) is 9.59 Å². The molecule has 0 aliphatic heterocycles. The fourth-order valence-corrected chi connectivity index (χ4v) is 3.40. The van der Waals surface area contributed by atoms with Crippen molar-refractivity contribution in [1.29, 1.82) is 0 Å². The van der Waals surface area contributed by atoms with Crippen LogP contribution < -0.4 is 10.2 Å². The molecule has 0 spiro atoms.